The van der Waals surface area contributed by atoms with Crippen LogP contribution in [-0.4, -0.2) is 59.1 Å². The molecule has 0 unspecified atom stereocenters. The fourth-order valence-electron chi connectivity index (χ4n) is 1.24. The van der Waals surface area contributed by atoms with Gasteiger partial charge in [-0.25, -0.2) is 0 Å². The van der Waals surface area contributed by atoms with Gasteiger partial charge in [0.15, 0.2) is 0 Å². The van der Waals surface area contributed by atoms with Crippen molar-refractivity contribution < 1.29 is 14.7 Å². The van der Waals surface area contributed by atoms with Crippen LogP contribution in [0.25, 0.3) is 0 Å². The van der Waals surface area contributed by atoms with Crippen molar-refractivity contribution in [1.29, 1.82) is 0 Å². The predicted molar refractivity (Wildman–Crippen MR) is 70.4 cm³/mol. The molecule has 0 rings (SSSR count). The Hall–Kier alpha value is -0.750. The van der Waals surface area contributed by atoms with Crippen LogP contribution < -0.4 is 5.32 Å². The van der Waals surface area contributed by atoms with Crippen LogP contribution in [0.4, 0.5) is 0 Å². The lowest BCUT2D eigenvalue weighted by molar-refractivity contribution is -0.140. The Morgan fingerprint density at radius 1 is 1.35 bits per heavy atom. The van der Waals surface area contributed by atoms with Crippen molar-refractivity contribution in [2.75, 3.05) is 31.1 Å². The molecule has 5 nitrogen and oxygen atoms in total. The molecule has 0 fully saturated rings. The van der Waals surface area contributed by atoms with E-state index in [4.69, 9.17) is 5.11 Å². The number of hydrogen-bond acceptors (Lipinski definition) is 4. The molecule has 0 bridgehead atoms. The summed E-state index contributed by atoms with van der Waals surface area (Å²) in [6, 6.07) is -0.814. The van der Waals surface area contributed by atoms with Crippen molar-refractivity contribution in [3.05, 3.63) is 0 Å². The van der Waals surface area contributed by atoms with Crippen molar-refractivity contribution >= 4 is 23.6 Å². The maximum absolute atomic E-state index is 11.3. The van der Waals surface area contributed by atoms with E-state index < -0.39 is 12.0 Å². The minimum Gasteiger partial charge on any atom is -0.480 e. The molecule has 0 spiro atoms. The minimum atomic E-state index is -1.01. The number of nitrogens with one attached hydrogen (secondary N) is 1. The highest BCUT2D eigenvalue weighted by Crippen LogP contribution is 2.01. The molecule has 0 aromatic carbocycles. The molecule has 0 radical (unpaired) electrons. The van der Waals surface area contributed by atoms with Gasteiger partial charge in [0.2, 0.25) is 5.91 Å². The Kier molecular flexibility index (Phi) is 8.89. The molecule has 0 aliphatic heterocycles. The number of rotatable bonds is 9. The predicted octanol–water partition coefficient (Wildman–Crippen LogP) is 0.651. The summed E-state index contributed by atoms with van der Waals surface area (Å²) >= 11 is 1.53. The number of carboxylic acids is 1. The third-order valence-electron chi connectivity index (χ3n) is 2.43. The van der Waals surface area contributed by atoms with E-state index in [2.05, 4.69) is 24.1 Å². The van der Waals surface area contributed by atoms with Gasteiger partial charge in [-0.15, -0.1) is 0 Å². The third kappa shape index (κ3) is 8.04. The fraction of sp³-hybridized carbons (Fsp3) is 0.818. The number of carbonyl (C=O) groups is 2. The summed E-state index contributed by atoms with van der Waals surface area (Å²) < 4.78 is 0. The number of amides is 1. The van der Waals surface area contributed by atoms with Crippen molar-refractivity contribution in [2.24, 2.45) is 0 Å². The number of carboxylic acid groups (broad SMARTS) is 1. The van der Waals surface area contributed by atoms with Crippen LogP contribution in [0.5, 0.6) is 0 Å². The summed E-state index contributed by atoms with van der Waals surface area (Å²) in [4.78, 5) is 24.1. The van der Waals surface area contributed by atoms with Gasteiger partial charge in [-0.2, -0.15) is 11.8 Å². The highest BCUT2D eigenvalue weighted by molar-refractivity contribution is 7.99. The minimum absolute atomic E-state index is 0.218. The third-order valence-corrected chi connectivity index (χ3v) is 3.36. The molecule has 0 heterocycles. The number of hydrogen-bond donors (Lipinski definition) is 2. The first-order chi connectivity index (χ1) is 8.01. The van der Waals surface area contributed by atoms with E-state index in [1.807, 2.05) is 0 Å². The second kappa shape index (κ2) is 9.30. The van der Waals surface area contributed by atoms with Crippen LogP contribution in [0, 0.1) is 0 Å². The standard InChI is InChI=1S/C11H22N2O3S/c1-4-13(5-2)6-7-17-8-10(14)12-9(3)11(15)16/h9H,4-8H2,1-3H3,(H,12,14)(H,15,16)/t9-/m1/s1. The average Bonchev–Trinajstić information content (AvgIpc) is 2.29. The Morgan fingerprint density at radius 3 is 2.41 bits per heavy atom. The summed E-state index contributed by atoms with van der Waals surface area (Å²) in [6.45, 7) is 8.66. The van der Waals surface area contributed by atoms with Gasteiger partial charge in [-0.1, -0.05) is 13.8 Å². The summed E-state index contributed by atoms with van der Waals surface area (Å²) in [5.74, 6) is -0.0222. The Labute approximate surface area is 107 Å². The zero-order chi connectivity index (χ0) is 13.3. The monoisotopic (exact) mass is 262 g/mol. The SMILES string of the molecule is CCN(CC)CCSCC(=O)N[C@H](C)C(=O)O. The van der Waals surface area contributed by atoms with Crippen LogP contribution in [0.2, 0.25) is 0 Å². The normalized spacial score (nSPS) is 12.5. The molecule has 0 aliphatic rings. The van der Waals surface area contributed by atoms with Gasteiger partial charge in [0.25, 0.3) is 0 Å². The van der Waals surface area contributed by atoms with Gasteiger partial charge in [0.05, 0.1) is 5.75 Å². The van der Waals surface area contributed by atoms with Gasteiger partial charge >= 0.3 is 5.97 Å². The Balaban J connectivity index is 3.61. The number of aliphatic carboxylic acids is 1. The smallest absolute Gasteiger partial charge is 0.325 e. The average molecular weight is 262 g/mol. The van der Waals surface area contributed by atoms with E-state index in [1.165, 1.54) is 18.7 Å². The fourth-order valence-corrected chi connectivity index (χ4v) is 2.04. The van der Waals surface area contributed by atoms with E-state index in [1.54, 1.807) is 0 Å². The van der Waals surface area contributed by atoms with E-state index in [9.17, 15) is 9.59 Å². The molecule has 0 aromatic heterocycles. The van der Waals surface area contributed by atoms with Crippen molar-refractivity contribution in [3.63, 3.8) is 0 Å². The maximum atomic E-state index is 11.3. The van der Waals surface area contributed by atoms with Crippen molar-refractivity contribution in [3.8, 4) is 0 Å². The lowest BCUT2D eigenvalue weighted by Crippen LogP contribution is -2.39. The molecule has 0 aromatic rings. The zero-order valence-corrected chi connectivity index (χ0v) is 11.5. The van der Waals surface area contributed by atoms with Gasteiger partial charge in [0, 0.05) is 12.3 Å². The zero-order valence-electron chi connectivity index (χ0n) is 10.7. The molecule has 1 atom stereocenters. The summed E-state index contributed by atoms with van der Waals surface area (Å²) in [5.41, 5.74) is 0. The topological polar surface area (TPSA) is 69.6 Å². The maximum Gasteiger partial charge on any atom is 0.325 e. The van der Waals surface area contributed by atoms with Crippen LogP contribution in [-0.2, 0) is 9.59 Å². The molecule has 0 saturated heterocycles. The molecule has 6 heteroatoms. The number of nitrogens with zero attached hydrogens (tertiary/aromatic N) is 1. The van der Waals surface area contributed by atoms with E-state index in [0.29, 0.717) is 5.75 Å². The number of carbonyl (C=O) groups excluding carboxylic acids is 1. The molecular formula is C11H22N2O3S. The first-order valence-electron chi connectivity index (χ1n) is 5.83. The quantitative estimate of drug-likeness (QED) is 0.597. The Bertz CT molecular complexity index is 245. The van der Waals surface area contributed by atoms with Crippen LogP contribution >= 0.6 is 11.8 Å². The molecule has 100 valence electrons. The summed E-state index contributed by atoms with van der Waals surface area (Å²) in [5, 5.41) is 11.0. The molecule has 1 amide bonds. The van der Waals surface area contributed by atoms with Crippen LogP contribution in [0.1, 0.15) is 20.8 Å². The lowest BCUT2D eigenvalue weighted by Gasteiger charge is -2.17. The van der Waals surface area contributed by atoms with Gasteiger partial charge in [-0.05, 0) is 20.0 Å². The number of thioether (sulfide) groups is 1. The van der Waals surface area contributed by atoms with Crippen molar-refractivity contribution in [1.82, 2.24) is 10.2 Å². The first-order valence-corrected chi connectivity index (χ1v) is 6.99. The first kappa shape index (κ1) is 16.2. The van der Waals surface area contributed by atoms with Crippen LogP contribution in [0.3, 0.4) is 0 Å². The molecule has 17 heavy (non-hydrogen) atoms. The summed E-state index contributed by atoms with van der Waals surface area (Å²) in [6.07, 6.45) is 0. The van der Waals surface area contributed by atoms with E-state index >= 15 is 0 Å². The lowest BCUT2D eigenvalue weighted by atomic mass is 10.3. The van der Waals surface area contributed by atoms with E-state index in [-0.39, 0.29) is 5.91 Å². The highest BCUT2D eigenvalue weighted by atomic mass is 32.2. The second-order valence-corrected chi connectivity index (χ2v) is 4.81. The molecule has 2 N–H and O–H groups in total. The van der Waals surface area contributed by atoms with Crippen molar-refractivity contribution in [2.45, 2.75) is 26.8 Å². The van der Waals surface area contributed by atoms with Gasteiger partial charge in [-0.3, -0.25) is 9.59 Å². The van der Waals surface area contributed by atoms with Gasteiger partial charge in [0.1, 0.15) is 6.04 Å². The second-order valence-electron chi connectivity index (χ2n) is 3.71. The molecule has 0 aliphatic carbocycles. The Morgan fingerprint density at radius 2 is 1.94 bits per heavy atom. The highest BCUT2D eigenvalue weighted by Gasteiger charge is 2.13. The van der Waals surface area contributed by atoms with E-state index in [0.717, 1.165) is 25.4 Å². The van der Waals surface area contributed by atoms with Gasteiger partial charge < -0.3 is 15.3 Å². The largest absolute Gasteiger partial charge is 0.480 e. The van der Waals surface area contributed by atoms with Crippen LogP contribution in [0.15, 0.2) is 0 Å². The molecule has 0 saturated carbocycles. The molecular weight excluding hydrogens is 240 g/mol. The summed E-state index contributed by atoms with van der Waals surface area (Å²) in [7, 11) is 0.